The van der Waals surface area contributed by atoms with E-state index in [0.29, 0.717) is 25.4 Å². The van der Waals surface area contributed by atoms with Crippen LogP contribution in [0.3, 0.4) is 0 Å². The minimum Gasteiger partial charge on any atom is -0.493 e. The predicted octanol–water partition coefficient (Wildman–Crippen LogP) is 3.46. The van der Waals surface area contributed by atoms with Gasteiger partial charge in [-0.25, -0.2) is 9.18 Å². The van der Waals surface area contributed by atoms with Crippen LogP contribution in [0.1, 0.15) is 27.2 Å². The van der Waals surface area contributed by atoms with Crippen molar-refractivity contribution >= 4 is 6.09 Å². The summed E-state index contributed by atoms with van der Waals surface area (Å²) in [6, 6.07) is 5.96. The Morgan fingerprint density at radius 1 is 1.33 bits per heavy atom. The van der Waals surface area contributed by atoms with Crippen LogP contribution in [0.4, 0.5) is 9.18 Å². The number of hydrogen-bond donors (Lipinski definition) is 0. The van der Waals surface area contributed by atoms with Crippen LogP contribution >= 0.6 is 0 Å². The van der Waals surface area contributed by atoms with E-state index < -0.39 is 5.60 Å². The quantitative estimate of drug-likeness (QED) is 0.857. The molecular formula is C16H22FNO3. The fourth-order valence-corrected chi connectivity index (χ4v) is 2.21. The lowest BCUT2D eigenvalue weighted by atomic mass is 10.1. The summed E-state index contributed by atoms with van der Waals surface area (Å²) in [5.74, 6) is 0.647. The Hall–Kier alpha value is -1.78. The molecule has 0 saturated carbocycles. The van der Waals surface area contributed by atoms with Gasteiger partial charge in [-0.05, 0) is 51.5 Å². The van der Waals surface area contributed by atoms with Crippen LogP contribution in [0.15, 0.2) is 24.3 Å². The van der Waals surface area contributed by atoms with Gasteiger partial charge in [0.25, 0.3) is 0 Å². The van der Waals surface area contributed by atoms with Crippen molar-refractivity contribution in [2.24, 2.45) is 5.92 Å². The van der Waals surface area contributed by atoms with E-state index in [-0.39, 0.29) is 17.8 Å². The molecule has 1 amide bonds. The molecule has 1 heterocycles. The summed E-state index contributed by atoms with van der Waals surface area (Å²) in [5.41, 5.74) is -0.472. The molecule has 0 aromatic heterocycles. The fourth-order valence-electron chi connectivity index (χ4n) is 2.21. The van der Waals surface area contributed by atoms with Crippen molar-refractivity contribution in [2.45, 2.75) is 32.8 Å². The van der Waals surface area contributed by atoms with Gasteiger partial charge in [-0.2, -0.15) is 0 Å². The second kappa shape index (κ2) is 6.33. The molecule has 4 nitrogen and oxygen atoms in total. The number of nitrogens with zero attached hydrogens (tertiary/aromatic N) is 1. The van der Waals surface area contributed by atoms with Crippen LogP contribution in [-0.4, -0.2) is 36.3 Å². The molecule has 1 aromatic carbocycles. The average Bonchev–Trinajstić information content (AvgIpc) is 2.85. The molecule has 0 radical (unpaired) electrons. The Kier molecular flexibility index (Phi) is 4.70. The maximum absolute atomic E-state index is 12.8. The van der Waals surface area contributed by atoms with Crippen LogP contribution in [-0.2, 0) is 4.74 Å². The van der Waals surface area contributed by atoms with Gasteiger partial charge in [0.1, 0.15) is 17.2 Å². The first-order valence-electron chi connectivity index (χ1n) is 7.20. The van der Waals surface area contributed by atoms with Crippen molar-refractivity contribution in [3.8, 4) is 5.75 Å². The van der Waals surface area contributed by atoms with E-state index in [1.807, 2.05) is 20.8 Å². The summed E-state index contributed by atoms with van der Waals surface area (Å²) in [5, 5.41) is 0. The first-order chi connectivity index (χ1) is 9.83. The first-order valence-corrected chi connectivity index (χ1v) is 7.20. The van der Waals surface area contributed by atoms with Crippen LogP contribution < -0.4 is 4.74 Å². The lowest BCUT2D eigenvalue weighted by Gasteiger charge is -2.24. The molecule has 116 valence electrons. The molecule has 1 aliphatic heterocycles. The summed E-state index contributed by atoms with van der Waals surface area (Å²) in [6.45, 7) is 7.41. The van der Waals surface area contributed by atoms with Crippen LogP contribution in [0, 0.1) is 11.7 Å². The van der Waals surface area contributed by atoms with Gasteiger partial charge in [-0.15, -0.1) is 0 Å². The summed E-state index contributed by atoms with van der Waals surface area (Å²) in [7, 11) is 0. The zero-order chi connectivity index (χ0) is 15.5. The van der Waals surface area contributed by atoms with E-state index in [0.717, 1.165) is 6.42 Å². The number of benzene rings is 1. The van der Waals surface area contributed by atoms with Crippen LogP contribution in [0.5, 0.6) is 5.75 Å². The third kappa shape index (κ3) is 4.92. The van der Waals surface area contributed by atoms with Gasteiger partial charge in [-0.3, -0.25) is 0 Å². The monoisotopic (exact) mass is 295 g/mol. The van der Waals surface area contributed by atoms with E-state index in [4.69, 9.17) is 9.47 Å². The molecule has 21 heavy (non-hydrogen) atoms. The molecule has 0 N–H and O–H groups in total. The van der Waals surface area contributed by atoms with Gasteiger partial charge >= 0.3 is 6.09 Å². The van der Waals surface area contributed by atoms with Crippen molar-refractivity contribution in [1.29, 1.82) is 0 Å². The largest absolute Gasteiger partial charge is 0.493 e. The molecule has 0 spiro atoms. The van der Waals surface area contributed by atoms with Gasteiger partial charge in [-0.1, -0.05) is 0 Å². The highest BCUT2D eigenvalue weighted by Gasteiger charge is 2.30. The summed E-state index contributed by atoms with van der Waals surface area (Å²) in [4.78, 5) is 13.7. The maximum Gasteiger partial charge on any atom is 0.410 e. The van der Waals surface area contributed by atoms with Crippen molar-refractivity contribution in [1.82, 2.24) is 4.90 Å². The summed E-state index contributed by atoms with van der Waals surface area (Å²) < 4.78 is 23.8. The summed E-state index contributed by atoms with van der Waals surface area (Å²) >= 11 is 0. The first kappa shape index (κ1) is 15.6. The smallest absolute Gasteiger partial charge is 0.410 e. The average molecular weight is 295 g/mol. The van der Waals surface area contributed by atoms with Crippen LogP contribution in [0.25, 0.3) is 0 Å². The number of amides is 1. The number of rotatable bonds is 3. The standard InChI is InChI=1S/C16H22FNO3/c1-16(2,3)21-15(19)18-9-8-12(10-18)11-20-14-6-4-13(17)5-7-14/h4-7,12H,8-11H2,1-3H3/t12-/m1/s1. The Labute approximate surface area is 124 Å². The molecule has 1 atom stereocenters. The Balaban J connectivity index is 1.77. The third-order valence-corrected chi connectivity index (χ3v) is 3.24. The zero-order valence-electron chi connectivity index (χ0n) is 12.8. The number of halogens is 1. The van der Waals surface area contributed by atoms with Gasteiger partial charge in [0.15, 0.2) is 0 Å². The molecule has 0 bridgehead atoms. The minimum absolute atomic E-state index is 0.271. The number of carbonyl (C=O) groups excluding carboxylic acids is 1. The number of ether oxygens (including phenoxy) is 2. The highest BCUT2D eigenvalue weighted by Crippen LogP contribution is 2.21. The highest BCUT2D eigenvalue weighted by atomic mass is 19.1. The Morgan fingerprint density at radius 2 is 2.00 bits per heavy atom. The van der Waals surface area contributed by atoms with Gasteiger partial charge in [0.05, 0.1) is 6.61 Å². The van der Waals surface area contributed by atoms with E-state index >= 15 is 0 Å². The zero-order valence-corrected chi connectivity index (χ0v) is 12.8. The number of hydrogen-bond acceptors (Lipinski definition) is 3. The van der Waals surface area contributed by atoms with Gasteiger partial charge in [0.2, 0.25) is 0 Å². The topological polar surface area (TPSA) is 38.8 Å². The molecule has 1 aromatic rings. The van der Waals surface area contributed by atoms with Crippen LogP contribution in [0.2, 0.25) is 0 Å². The SMILES string of the molecule is CC(C)(C)OC(=O)N1CC[C@@H](COc2ccc(F)cc2)C1. The highest BCUT2D eigenvalue weighted by molar-refractivity contribution is 5.68. The number of carbonyl (C=O) groups is 1. The molecule has 1 aliphatic rings. The van der Waals surface area contributed by atoms with Crippen molar-refractivity contribution in [3.63, 3.8) is 0 Å². The Bertz CT molecular complexity index is 481. The van der Waals surface area contributed by atoms with Crippen molar-refractivity contribution < 1.29 is 18.7 Å². The molecule has 1 fully saturated rings. The molecule has 0 unspecified atom stereocenters. The lowest BCUT2D eigenvalue weighted by Crippen LogP contribution is -2.35. The van der Waals surface area contributed by atoms with E-state index in [1.54, 1.807) is 17.0 Å². The predicted molar refractivity (Wildman–Crippen MR) is 77.8 cm³/mol. The van der Waals surface area contributed by atoms with E-state index in [2.05, 4.69) is 0 Å². The van der Waals surface area contributed by atoms with Crippen molar-refractivity contribution in [3.05, 3.63) is 30.1 Å². The Morgan fingerprint density at radius 3 is 2.62 bits per heavy atom. The molecular weight excluding hydrogens is 273 g/mol. The van der Waals surface area contributed by atoms with Gasteiger partial charge in [0, 0.05) is 19.0 Å². The minimum atomic E-state index is -0.472. The second-order valence-corrected chi connectivity index (χ2v) is 6.35. The summed E-state index contributed by atoms with van der Waals surface area (Å²) in [6.07, 6.45) is 0.618. The maximum atomic E-state index is 12.8. The number of likely N-dealkylation sites (tertiary alicyclic amines) is 1. The fraction of sp³-hybridized carbons (Fsp3) is 0.562. The van der Waals surface area contributed by atoms with E-state index in [1.165, 1.54) is 12.1 Å². The second-order valence-electron chi connectivity index (χ2n) is 6.35. The molecule has 0 aliphatic carbocycles. The lowest BCUT2D eigenvalue weighted by molar-refractivity contribution is 0.0285. The van der Waals surface area contributed by atoms with Crippen molar-refractivity contribution in [2.75, 3.05) is 19.7 Å². The molecule has 2 rings (SSSR count). The van der Waals surface area contributed by atoms with Gasteiger partial charge < -0.3 is 14.4 Å². The third-order valence-electron chi connectivity index (χ3n) is 3.24. The molecule has 1 saturated heterocycles. The van der Waals surface area contributed by atoms with E-state index in [9.17, 15) is 9.18 Å². The normalized spacial score (nSPS) is 18.7. The molecule has 5 heteroatoms.